The van der Waals surface area contributed by atoms with Crippen LogP contribution in [0.4, 0.5) is 0 Å². The summed E-state index contributed by atoms with van der Waals surface area (Å²) >= 11 is 0. The van der Waals surface area contributed by atoms with Crippen molar-refractivity contribution in [1.82, 2.24) is 9.78 Å². The van der Waals surface area contributed by atoms with Gasteiger partial charge in [-0.05, 0) is 11.6 Å². The van der Waals surface area contributed by atoms with Crippen molar-refractivity contribution in [3.63, 3.8) is 0 Å². The van der Waals surface area contributed by atoms with E-state index in [9.17, 15) is 0 Å². The van der Waals surface area contributed by atoms with Crippen molar-refractivity contribution in [1.29, 1.82) is 0 Å². The fourth-order valence-electron chi connectivity index (χ4n) is 3.20. The Hall–Kier alpha value is -2.87. The SMILES string of the molecule is [Fe+2].c1cc[cH-]c1.c1ccc(C([c-]2cccc2)n2ncc3ccccc32)cc1. The van der Waals surface area contributed by atoms with Gasteiger partial charge in [0.05, 0.1) is 17.8 Å². The molecule has 0 saturated carbocycles. The van der Waals surface area contributed by atoms with Gasteiger partial charge in [-0.25, -0.2) is 24.3 Å². The molecule has 1 aromatic heterocycles. The molecule has 1 atom stereocenters. The van der Waals surface area contributed by atoms with Gasteiger partial charge in [0, 0.05) is 5.39 Å². The van der Waals surface area contributed by atoms with Crippen LogP contribution in [0.2, 0.25) is 0 Å². The molecule has 134 valence electrons. The number of hydrogen-bond donors (Lipinski definition) is 0. The second-order valence-electron chi connectivity index (χ2n) is 6.14. The molecule has 0 bridgehead atoms. The number of para-hydroxylation sites is 1. The van der Waals surface area contributed by atoms with Crippen LogP contribution in [-0.2, 0) is 17.1 Å². The first kappa shape index (κ1) is 18.9. The van der Waals surface area contributed by atoms with E-state index in [4.69, 9.17) is 0 Å². The Labute approximate surface area is 170 Å². The number of nitrogens with zero attached hydrogens (tertiary/aromatic N) is 2. The van der Waals surface area contributed by atoms with Crippen molar-refractivity contribution in [3.8, 4) is 0 Å². The maximum atomic E-state index is 4.64. The Kier molecular flexibility index (Phi) is 6.43. The Morgan fingerprint density at radius 3 is 2.11 bits per heavy atom. The van der Waals surface area contributed by atoms with Crippen LogP contribution in [0.5, 0.6) is 0 Å². The summed E-state index contributed by atoms with van der Waals surface area (Å²) in [6, 6.07) is 37.5. The Bertz CT molecular complexity index is 1010. The first-order chi connectivity index (χ1) is 12.9. The molecule has 0 radical (unpaired) electrons. The fraction of sp³-hybridized carbons (Fsp3) is 0.0417. The van der Waals surface area contributed by atoms with Crippen molar-refractivity contribution in [2.75, 3.05) is 0 Å². The van der Waals surface area contributed by atoms with E-state index in [0.29, 0.717) is 0 Å². The molecular formula is C24H20FeN2. The molecule has 3 heteroatoms. The molecular weight excluding hydrogens is 372 g/mol. The molecule has 2 nitrogen and oxygen atoms in total. The Morgan fingerprint density at radius 2 is 1.44 bits per heavy atom. The van der Waals surface area contributed by atoms with Crippen molar-refractivity contribution < 1.29 is 17.1 Å². The minimum atomic E-state index is 0. The molecule has 0 aliphatic carbocycles. The van der Waals surface area contributed by atoms with Crippen LogP contribution < -0.4 is 0 Å². The van der Waals surface area contributed by atoms with E-state index >= 15 is 0 Å². The summed E-state index contributed by atoms with van der Waals surface area (Å²) in [7, 11) is 0. The molecule has 0 amide bonds. The molecule has 0 aliphatic heterocycles. The Balaban J connectivity index is 0.000000306. The zero-order valence-corrected chi connectivity index (χ0v) is 15.9. The van der Waals surface area contributed by atoms with Gasteiger partial charge in [-0.2, -0.15) is 35.4 Å². The van der Waals surface area contributed by atoms with Crippen LogP contribution >= 0.6 is 0 Å². The van der Waals surface area contributed by atoms with Crippen LogP contribution in [0.15, 0.2) is 115 Å². The van der Waals surface area contributed by atoms with Gasteiger partial charge in [0.2, 0.25) is 0 Å². The molecule has 0 spiro atoms. The molecule has 27 heavy (non-hydrogen) atoms. The summed E-state index contributed by atoms with van der Waals surface area (Å²) in [4.78, 5) is 0. The van der Waals surface area contributed by atoms with Crippen molar-refractivity contribution in [2.45, 2.75) is 6.04 Å². The van der Waals surface area contributed by atoms with E-state index in [1.807, 2.05) is 48.7 Å². The molecule has 4 aromatic carbocycles. The molecule has 1 heterocycles. The minimum absolute atomic E-state index is 0. The van der Waals surface area contributed by atoms with Gasteiger partial charge in [0.1, 0.15) is 0 Å². The summed E-state index contributed by atoms with van der Waals surface area (Å²) < 4.78 is 2.11. The number of fused-ring (bicyclic) bond motifs is 1. The van der Waals surface area contributed by atoms with Gasteiger partial charge in [-0.15, -0.1) is 5.56 Å². The van der Waals surface area contributed by atoms with Gasteiger partial charge in [-0.1, -0.05) is 48.5 Å². The van der Waals surface area contributed by atoms with Crippen LogP contribution in [0.3, 0.4) is 0 Å². The third kappa shape index (κ3) is 4.28. The third-order valence-electron chi connectivity index (χ3n) is 4.42. The van der Waals surface area contributed by atoms with E-state index in [1.165, 1.54) is 16.5 Å². The van der Waals surface area contributed by atoms with Gasteiger partial charge in [-0.3, -0.25) is 4.68 Å². The first-order valence-electron chi connectivity index (χ1n) is 8.79. The number of rotatable bonds is 3. The fourth-order valence-corrected chi connectivity index (χ4v) is 3.20. The van der Waals surface area contributed by atoms with E-state index in [0.717, 1.165) is 5.52 Å². The molecule has 0 aliphatic rings. The van der Waals surface area contributed by atoms with E-state index in [-0.39, 0.29) is 23.1 Å². The molecule has 0 fully saturated rings. The largest absolute Gasteiger partial charge is 2.00 e. The van der Waals surface area contributed by atoms with Gasteiger partial charge < -0.3 is 0 Å². The zero-order valence-electron chi connectivity index (χ0n) is 14.8. The summed E-state index contributed by atoms with van der Waals surface area (Å²) in [5.41, 5.74) is 3.67. The average molecular weight is 392 g/mol. The number of benzene rings is 2. The summed E-state index contributed by atoms with van der Waals surface area (Å²) in [5, 5.41) is 5.82. The van der Waals surface area contributed by atoms with Crippen LogP contribution in [0.25, 0.3) is 10.9 Å². The smallest absolute Gasteiger partial charge is 0.265 e. The van der Waals surface area contributed by atoms with Gasteiger partial charge in [0.25, 0.3) is 0 Å². The Morgan fingerprint density at radius 1 is 0.778 bits per heavy atom. The topological polar surface area (TPSA) is 17.8 Å². The van der Waals surface area contributed by atoms with E-state index in [1.54, 1.807) is 0 Å². The molecule has 5 rings (SSSR count). The van der Waals surface area contributed by atoms with E-state index in [2.05, 4.69) is 76.5 Å². The van der Waals surface area contributed by atoms with Crippen LogP contribution in [0, 0.1) is 0 Å². The van der Waals surface area contributed by atoms with Crippen LogP contribution in [-0.4, -0.2) is 9.78 Å². The predicted molar refractivity (Wildman–Crippen MR) is 107 cm³/mol. The normalized spacial score (nSPS) is 11.3. The second-order valence-corrected chi connectivity index (χ2v) is 6.14. The van der Waals surface area contributed by atoms with Gasteiger partial charge in [0.15, 0.2) is 0 Å². The second kappa shape index (κ2) is 9.18. The van der Waals surface area contributed by atoms with Crippen molar-refractivity contribution in [3.05, 3.63) is 127 Å². The minimum Gasteiger partial charge on any atom is -0.265 e. The summed E-state index contributed by atoms with van der Waals surface area (Å²) in [6.45, 7) is 0. The third-order valence-corrected chi connectivity index (χ3v) is 4.42. The van der Waals surface area contributed by atoms with E-state index < -0.39 is 0 Å². The zero-order chi connectivity index (χ0) is 17.6. The molecule has 1 unspecified atom stereocenters. The first-order valence-corrected chi connectivity index (χ1v) is 8.79. The summed E-state index contributed by atoms with van der Waals surface area (Å²) in [6.07, 6.45) is 1.94. The van der Waals surface area contributed by atoms with Gasteiger partial charge >= 0.3 is 17.1 Å². The monoisotopic (exact) mass is 392 g/mol. The molecule has 0 N–H and O–H groups in total. The predicted octanol–water partition coefficient (Wildman–Crippen LogP) is 5.80. The van der Waals surface area contributed by atoms with Crippen LogP contribution in [0.1, 0.15) is 17.2 Å². The van der Waals surface area contributed by atoms with Crippen molar-refractivity contribution in [2.24, 2.45) is 0 Å². The number of hydrogen-bond acceptors (Lipinski definition) is 1. The quantitative estimate of drug-likeness (QED) is 0.281. The molecule has 5 aromatic rings. The van der Waals surface area contributed by atoms with Crippen molar-refractivity contribution >= 4 is 10.9 Å². The molecule has 0 saturated heterocycles. The maximum Gasteiger partial charge on any atom is 2.00 e. The standard InChI is InChI=1S/C19H15N2.C5H5.Fe/c1-2-8-15(9-3-1)19(16-10-4-5-11-16)21-18-13-7-6-12-17(18)14-20-21;1-2-4-5-3-1;/h1-14,19H;1-5H;/q2*-1;+2. The number of aromatic nitrogens is 2. The average Bonchev–Trinajstić information content (AvgIpc) is 3.47. The maximum absolute atomic E-state index is 4.64. The summed E-state index contributed by atoms with van der Waals surface area (Å²) in [5.74, 6) is 0.